The molecule has 176 valence electrons. The first-order valence-electron chi connectivity index (χ1n) is 11.8. The third kappa shape index (κ3) is 4.62. The van der Waals surface area contributed by atoms with Gasteiger partial charge in [-0.05, 0) is 29.5 Å². The van der Waals surface area contributed by atoms with E-state index in [4.69, 9.17) is 0 Å². The van der Waals surface area contributed by atoms with Crippen molar-refractivity contribution in [1.82, 2.24) is 5.32 Å². The summed E-state index contributed by atoms with van der Waals surface area (Å²) in [5, 5.41) is 24.5. The average Bonchev–Trinajstić information content (AvgIpc) is 2.85. The van der Waals surface area contributed by atoms with Gasteiger partial charge in [-0.2, -0.15) is 0 Å². The standard InChI is InChI=1S/C29H31NO4/c1-18-23(21-14-8-4-9-15-21)25(28(31)32)24(22-16-10-5-11-17-22)26(29(33)34)27(18)30-19(2)20-12-6-3-7-13-20/h3-19,23-27,30H,1-2H3,(H,31,32)(H,33,34). The largest absolute Gasteiger partial charge is 0.481 e. The third-order valence-electron chi connectivity index (χ3n) is 7.36. The monoisotopic (exact) mass is 457 g/mol. The fourth-order valence-electron chi connectivity index (χ4n) is 5.82. The second kappa shape index (κ2) is 10.2. The van der Waals surface area contributed by atoms with Crippen LogP contribution in [0.5, 0.6) is 0 Å². The summed E-state index contributed by atoms with van der Waals surface area (Å²) in [4.78, 5) is 25.6. The molecule has 0 amide bonds. The summed E-state index contributed by atoms with van der Waals surface area (Å²) in [6.07, 6.45) is 0. The van der Waals surface area contributed by atoms with E-state index >= 15 is 0 Å². The lowest BCUT2D eigenvalue weighted by molar-refractivity contribution is -0.153. The topological polar surface area (TPSA) is 86.6 Å². The van der Waals surface area contributed by atoms with Crippen molar-refractivity contribution in [1.29, 1.82) is 0 Å². The number of carbonyl (C=O) groups is 2. The molecule has 0 radical (unpaired) electrons. The number of hydrogen-bond donors (Lipinski definition) is 3. The van der Waals surface area contributed by atoms with Gasteiger partial charge >= 0.3 is 11.9 Å². The van der Waals surface area contributed by atoms with Crippen LogP contribution in [0.3, 0.4) is 0 Å². The summed E-state index contributed by atoms with van der Waals surface area (Å²) < 4.78 is 0. The Balaban J connectivity index is 1.85. The van der Waals surface area contributed by atoms with Gasteiger partial charge in [-0.15, -0.1) is 0 Å². The molecule has 34 heavy (non-hydrogen) atoms. The van der Waals surface area contributed by atoms with Gasteiger partial charge in [0, 0.05) is 23.9 Å². The molecule has 0 aromatic heterocycles. The van der Waals surface area contributed by atoms with Crippen LogP contribution in [0, 0.1) is 17.8 Å². The van der Waals surface area contributed by atoms with E-state index in [1.807, 2.05) is 105 Å². The number of carboxylic acids is 2. The van der Waals surface area contributed by atoms with Gasteiger partial charge in [0.2, 0.25) is 0 Å². The predicted molar refractivity (Wildman–Crippen MR) is 132 cm³/mol. The maximum Gasteiger partial charge on any atom is 0.308 e. The fourth-order valence-corrected chi connectivity index (χ4v) is 5.82. The first kappa shape index (κ1) is 23.7. The van der Waals surface area contributed by atoms with Crippen LogP contribution in [0.4, 0.5) is 0 Å². The molecule has 3 N–H and O–H groups in total. The number of hydrogen-bond acceptors (Lipinski definition) is 3. The molecule has 1 saturated carbocycles. The molecule has 5 nitrogen and oxygen atoms in total. The van der Waals surface area contributed by atoms with E-state index in [0.717, 1.165) is 16.7 Å². The van der Waals surface area contributed by atoms with Crippen molar-refractivity contribution in [3.05, 3.63) is 108 Å². The van der Waals surface area contributed by atoms with Crippen LogP contribution in [0.1, 0.15) is 48.4 Å². The summed E-state index contributed by atoms with van der Waals surface area (Å²) in [5.41, 5.74) is 2.73. The third-order valence-corrected chi connectivity index (χ3v) is 7.36. The van der Waals surface area contributed by atoms with E-state index in [1.54, 1.807) is 0 Å². The summed E-state index contributed by atoms with van der Waals surface area (Å²) in [7, 11) is 0. The van der Waals surface area contributed by atoms with Crippen molar-refractivity contribution in [2.24, 2.45) is 17.8 Å². The van der Waals surface area contributed by atoms with Crippen molar-refractivity contribution in [3.63, 3.8) is 0 Å². The van der Waals surface area contributed by atoms with Crippen molar-refractivity contribution in [2.75, 3.05) is 0 Å². The van der Waals surface area contributed by atoms with Crippen LogP contribution in [0.2, 0.25) is 0 Å². The molecule has 1 aliphatic carbocycles. The molecule has 7 atom stereocenters. The zero-order valence-electron chi connectivity index (χ0n) is 19.4. The van der Waals surface area contributed by atoms with E-state index in [2.05, 4.69) is 5.32 Å². The van der Waals surface area contributed by atoms with Gasteiger partial charge in [0.25, 0.3) is 0 Å². The Morgan fingerprint density at radius 2 is 1.15 bits per heavy atom. The fraction of sp³-hybridized carbons (Fsp3) is 0.310. The average molecular weight is 458 g/mol. The van der Waals surface area contributed by atoms with Gasteiger partial charge in [0.1, 0.15) is 0 Å². The van der Waals surface area contributed by atoms with Crippen LogP contribution < -0.4 is 5.32 Å². The Morgan fingerprint density at radius 1 is 0.706 bits per heavy atom. The van der Waals surface area contributed by atoms with Gasteiger partial charge < -0.3 is 15.5 Å². The molecule has 5 heteroatoms. The van der Waals surface area contributed by atoms with Crippen LogP contribution in [-0.4, -0.2) is 28.2 Å². The zero-order chi connectivity index (χ0) is 24.2. The van der Waals surface area contributed by atoms with Crippen LogP contribution in [-0.2, 0) is 9.59 Å². The Morgan fingerprint density at radius 3 is 1.62 bits per heavy atom. The van der Waals surface area contributed by atoms with Gasteiger partial charge in [-0.1, -0.05) is 97.9 Å². The molecule has 3 aromatic carbocycles. The lowest BCUT2D eigenvalue weighted by atomic mass is 9.56. The lowest BCUT2D eigenvalue weighted by Gasteiger charge is -2.49. The quantitative estimate of drug-likeness (QED) is 0.447. The summed E-state index contributed by atoms with van der Waals surface area (Å²) in [6, 6.07) is 28.3. The van der Waals surface area contributed by atoms with Crippen LogP contribution >= 0.6 is 0 Å². The molecular formula is C29H31NO4. The summed E-state index contributed by atoms with van der Waals surface area (Å²) in [6.45, 7) is 4.01. The second-order valence-corrected chi connectivity index (χ2v) is 9.28. The highest BCUT2D eigenvalue weighted by Gasteiger charge is 2.55. The molecule has 1 aliphatic rings. The van der Waals surface area contributed by atoms with Crippen molar-refractivity contribution < 1.29 is 19.8 Å². The number of nitrogens with one attached hydrogen (secondary N) is 1. The van der Waals surface area contributed by atoms with Crippen molar-refractivity contribution >= 4 is 11.9 Å². The lowest BCUT2D eigenvalue weighted by Crippen LogP contribution is -2.57. The number of benzene rings is 3. The normalized spacial score (nSPS) is 27.6. The minimum Gasteiger partial charge on any atom is -0.481 e. The molecule has 0 heterocycles. The van der Waals surface area contributed by atoms with Crippen molar-refractivity contribution in [2.45, 2.75) is 37.8 Å². The molecule has 0 saturated heterocycles. The molecule has 7 unspecified atom stereocenters. The number of rotatable bonds is 7. The maximum atomic E-state index is 12.8. The predicted octanol–water partition coefficient (Wildman–Crippen LogP) is 5.32. The molecular weight excluding hydrogens is 426 g/mol. The van der Waals surface area contributed by atoms with E-state index in [1.165, 1.54) is 0 Å². The maximum absolute atomic E-state index is 12.8. The Kier molecular flexibility index (Phi) is 7.13. The molecule has 4 rings (SSSR count). The summed E-state index contributed by atoms with van der Waals surface area (Å²) >= 11 is 0. The van der Waals surface area contributed by atoms with E-state index < -0.39 is 35.7 Å². The van der Waals surface area contributed by atoms with E-state index in [9.17, 15) is 19.8 Å². The van der Waals surface area contributed by atoms with Gasteiger partial charge in [-0.3, -0.25) is 9.59 Å². The van der Waals surface area contributed by atoms with Crippen molar-refractivity contribution in [3.8, 4) is 0 Å². The zero-order valence-corrected chi connectivity index (χ0v) is 19.4. The Bertz CT molecular complexity index is 1100. The molecule has 0 spiro atoms. The van der Waals surface area contributed by atoms with Gasteiger partial charge in [-0.25, -0.2) is 0 Å². The first-order chi connectivity index (χ1) is 16.4. The Hall–Kier alpha value is -3.44. The van der Waals surface area contributed by atoms with Gasteiger partial charge in [0.05, 0.1) is 11.8 Å². The highest BCUT2D eigenvalue weighted by atomic mass is 16.4. The van der Waals surface area contributed by atoms with Crippen LogP contribution in [0.25, 0.3) is 0 Å². The molecule has 0 bridgehead atoms. The number of carboxylic acid groups (broad SMARTS) is 2. The van der Waals surface area contributed by atoms with E-state index in [-0.39, 0.29) is 17.9 Å². The smallest absolute Gasteiger partial charge is 0.308 e. The van der Waals surface area contributed by atoms with E-state index in [0.29, 0.717) is 0 Å². The molecule has 3 aromatic rings. The Labute approximate surface area is 200 Å². The SMILES string of the molecule is CC(NC1C(C)C(c2ccccc2)C(C(=O)O)C(c2ccccc2)C1C(=O)O)c1ccccc1. The minimum atomic E-state index is -0.976. The molecule has 1 fully saturated rings. The van der Waals surface area contributed by atoms with Crippen LogP contribution in [0.15, 0.2) is 91.0 Å². The minimum absolute atomic E-state index is 0.0928. The van der Waals surface area contributed by atoms with Gasteiger partial charge in [0.15, 0.2) is 0 Å². The number of aliphatic carboxylic acids is 2. The highest BCUT2D eigenvalue weighted by molar-refractivity contribution is 5.79. The summed E-state index contributed by atoms with van der Waals surface area (Å²) in [5.74, 6) is -4.96. The highest BCUT2D eigenvalue weighted by Crippen LogP contribution is 2.52. The second-order valence-electron chi connectivity index (χ2n) is 9.28. The molecule has 0 aliphatic heterocycles. The first-order valence-corrected chi connectivity index (χ1v) is 11.8.